The van der Waals surface area contributed by atoms with Crippen molar-refractivity contribution in [3.63, 3.8) is 0 Å². The van der Waals surface area contributed by atoms with E-state index in [1.54, 1.807) is 19.4 Å². The Kier molecular flexibility index (Phi) is 5.59. The molecule has 2 aliphatic rings. The minimum absolute atomic E-state index is 0.1000. The molecule has 0 aliphatic carbocycles. The maximum atomic E-state index is 12.8. The van der Waals surface area contributed by atoms with E-state index in [-0.39, 0.29) is 12.6 Å². The summed E-state index contributed by atoms with van der Waals surface area (Å²) >= 11 is 2.57. The molecule has 1 atom stereocenters. The highest BCUT2D eigenvalue weighted by Crippen LogP contribution is 2.42. The molecule has 0 unspecified atom stereocenters. The first kappa shape index (κ1) is 20.6. The van der Waals surface area contributed by atoms with Crippen LogP contribution in [0, 0.1) is 5.41 Å². The number of Topliss-reactive ketones (excluding diaryl/α,β-unsaturated/α-hetero) is 1. The normalized spacial score (nSPS) is 18.4. The van der Waals surface area contributed by atoms with Gasteiger partial charge >= 0.3 is 0 Å². The number of aromatic nitrogens is 1. The number of thioether (sulfide) groups is 1. The van der Waals surface area contributed by atoms with Crippen molar-refractivity contribution in [3.05, 3.63) is 69.0 Å². The summed E-state index contributed by atoms with van der Waals surface area (Å²) in [4.78, 5) is 17.6. The Balaban J connectivity index is 1.32. The number of methoxy groups -OCH3 is 1. The number of rotatable bonds is 6. The Bertz CT molecular complexity index is 1220. The zero-order valence-corrected chi connectivity index (χ0v) is 18.6. The SMILES string of the molecule is COc1cc(/C=C2\SC(=N)[C@@H](c3nccs3)C2=O)ccc1OCc1ccc2c(c1)OCO2. The van der Waals surface area contributed by atoms with Gasteiger partial charge in [0.05, 0.1) is 17.1 Å². The topological polar surface area (TPSA) is 90.7 Å². The van der Waals surface area contributed by atoms with Gasteiger partial charge in [0.1, 0.15) is 17.5 Å². The molecule has 2 aromatic carbocycles. The Morgan fingerprint density at radius 2 is 2.06 bits per heavy atom. The number of nitrogens with zero attached hydrogens (tertiary/aromatic N) is 1. The van der Waals surface area contributed by atoms with Crippen molar-refractivity contribution < 1.29 is 23.7 Å². The average Bonchev–Trinajstić information content (AvgIpc) is 3.54. The van der Waals surface area contributed by atoms with Gasteiger partial charge in [-0.1, -0.05) is 23.9 Å². The lowest BCUT2D eigenvalue weighted by molar-refractivity contribution is -0.114. The molecule has 1 N–H and O–H groups in total. The van der Waals surface area contributed by atoms with E-state index in [0.29, 0.717) is 38.8 Å². The van der Waals surface area contributed by atoms with E-state index >= 15 is 0 Å². The molecule has 0 bridgehead atoms. The third kappa shape index (κ3) is 3.96. The van der Waals surface area contributed by atoms with Crippen LogP contribution in [0.1, 0.15) is 22.1 Å². The maximum Gasteiger partial charge on any atom is 0.231 e. The van der Waals surface area contributed by atoms with Crippen molar-refractivity contribution in [2.24, 2.45) is 0 Å². The first-order valence-corrected chi connectivity index (χ1v) is 11.4. The van der Waals surface area contributed by atoms with E-state index in [1.165, 1.54) is 23.1 Å². The van der Waals surface area contributed by atoms with Gasteiger partial charge in [-0.2, -0.15) is 0 Å². The molecule has 2 aliphatic heterocycles. The van der Waals surface area contributed by atoms with Crippen molar-refractivity contribution >= 4 is 40.0 Å². The van der Waals surface area contributed by atoms with Gasteiger partial charge in [0.25, 0.3) is 0 Å². The molecule has 32 heavy (non-hydrogen) atoms. The van der Waals surface area contributed by atoms with Gasteiger partial charge < -0.3 is 18.9 Å². The molecule has 0 amide bonds. The van der Waals surface area contributed by atoms with E-state index in [4.69, 9.17) is 24.4 Å². The van der Waals surface area contributed by atoms with Gasteiger partial charge in [0.15, 0.2) is 28.8 Å². The van der Waals surface area contributed by atoms with Crippen LogP contribution < -0.4 is 18.9 Å². The van der Waals surface area contributed by atoms with Crippen LogP contribution in [0.4, 0.5) is 0 Å². The van der Waals surface area contributed by atoms with Crippen LogP contribution in [0.25, 0.3) is 6.08 Å². The number of hydrogen-bond donors (Lipinski definition) is 1. The van der Waals surface area contributed by atoms with Crippen LogP contribution in [0.5, 0.6) is 23.0 Å². The third-order valence-electron chi connectivity index (χ3n) is 5.00. The zero-order chi connectivity index (χ0) is 22.1. The molecule has 7 nitrogen and oxygen atoms in total. The standard InChI is InChI=1S/C23H18N2O5S2/c1-27-17-8-13(10-19-21(26)20(22(24)32-19)23-25-6-7-31-23)2-4-15(17)28-11-14-3-5-16-18(9-14)30-12-29-16/h2-10,20,24H,11-12H2,1H3/b19-10-,24-22?/t20-/m0/s1. The van der Waals surface area contributed by atoms with Crippen molar-refractivity contribution in [1.29, 1.82) is 5.41 Å². The second kappa shape index (κ2) is 8.68. The molecule has 0 spiro atoms. The Labute approximate surface area is 192 Å². The van der Waals surface area contributed by atoms with E-state index in [9.17, 15) is 4.79 Å². The molecule has 3 aromatic rings. The second-order valence-corrected chi connectivity index (χ2v) is 9.04. The molecule has 1 aromatic heterocycles. The minimum atomic E-state index is -0.600. The van der Waals surface area contributed by atoms with Gasteiger partial charge in [-0.3, -0.25) is 10.2 Å². The molecule has 162 valence electrons. The number of carbonyl (C=O) groups excluding carboxylic acids is 1. The average molecular weight is 467 g/mol. The van der Waals surface area contributed by atoms with Crippen molar-refractivity contribution in [2.45, 2.75) is 12.5 Å². The number of benzene rings is 2. The molecule has 5 rings (SSSR count). The number of allylic oxidation sites excluding steroid dienone is 1. The Morgan fingerprint density at radius 3 is 2.88 bits per heavy atom. The fourth-order valence-corrected chi connectivity index (χ4v) is 5.23. The summed E-state index contributed by atoms with van der Waals surface area (Å²) in [6.45, 7) is 0.573. The number of thiazole rings is 1. The van der Waals surface area contributed by atoms with Crippen LogP contribution >= 0.6 is 23.1 Å². The number of hydrogen-bond acceptors (Lipinski definition) is 9. The van der Waals surface area contributed by atoms with Crippen LogP contribution in [-0.4, -0.2) is 29.7 Å². The van der Waals surface area contributed by atoms with Gasteiger partial charge in [0, 0.05) is 11.6 Å². The maximum absolute atomic E-state index is 12.8. The highest BCUT2D eigenvalue weighted by atomic mass is 32.2. The number of carbonyl (C=O) groups is 1. The quantitative estimate of drug-likeness (QED) is 0.518. The predicted molar refractivity (Wildman–Crippen MR) is 123 cm³/mol. The van der Waals surface area contributed by atoms with Crippen molar-refractivity contribution in [3.8, 4) is 23.0 Å². The van der Waals surface area contributed by atoms with Crippen molar-refractivity contribution in [2.75, 3.05) is 13.9 Å². The first-order valence-electron chi connectivity index (χ1n) is 9.73. The second-order valence-electron chi connectivity index (χ2n) is 7.03. The van der Waals surface area contributed by atoms with Gasteiger partial charge in [-0.05, 0) is 41.5 Å². The van der Waals surface area contributed by atoms with Crippen LogP contribution in [0.15, 0.2) is 52.9 Å². The highest BCUT2D eigenvalue weighted by Gasteiger charge is 2.38. The lowest BCUT2D eigenvalue weighted by Gasteiger charge is -2.12. The molecule has 1 saturated heterocycles. The molecule has 0 saturated carbocycles. The fourth-order valence-electron chi connectivity index (χ4n) is 3.43. The van der Waals surface area contributed by atoms with Gasteiger partial charge in [0.2, 0.25) is 6.79 Å². The third-order valence-corrected chi connectivity index (χ3v) is 6.84. The lowest BCUT2D eigenvalue weighted by Crippen LogP contribution is -2.11. The Morgan fingerprint density at radius 1 is 1.19 bits per heavy atom. The molecule has 1 fully saturated rings. The summed E-state index contributed by atoms with van der Waals surface area (Å²) in [7, 11) is 1.57. The summed E-state index contributed by atoms with van der Waals surface area (Å²) in [5.41, 5.74) is 1.74. The summed E-state index contributed by atoms with van der Waals surface area (Å²) in [6.07, 6.45) is 3.43. The molecule has 3 heterocycles. The van der Waals surface area contributed by atoms with E-state index in [1.807, 2.05) is 41.8 Å². The largest absolute Gasteiger partial charge is 0.493 e. The van der Waals surface area contributed by atoms with E-state index in [0.717, 1.165) is 16.9 Å². The monoisotopic (exact) mass is 466 g/mol. The summed E-state index contributed by atoms with van der Waals surface area (Å²) in [5, 5.41) is 11.0. The van der Waals surface area contributed by atoms with Crippen molar-refractivity contribution in [1.82, 2.24) is 4.98 Å². The number of ether oxygens (including phenoxy) is 4. The first-order chi connectivity index (χ1) is 15.6. The number of nitrogens with one attached hydrogen (secondary N) is 1. The van der Waals surface area contributed by atoms with Crippen LogP contribution in [-0.2, 0) is 11.4 Å². The minimum Gasteiger partial charge on any atom is -0.493 e. The highest BCUT2D eigenvalue weighted by molar-refractivity contribution is 8.19. The molecule has 9 heteroatoms. The van der Waals surface area contributed by atoms with Crippen LogP contribution in [0.2, 0.25) is 0 Å². The van der Waals surface area contributed by atoms with Gasteiger partial charge in [-0.25, -0.2) is 4.98 Å². The zero-order valence-electron chi connectivity index (χ0n) is 17.0. The van der Waals surface area contributed by atoms with E-state index in [2.05, 4.69) is 4.98 Å². The summed E-state index contributed by atoms with van der Waals surface area (Å²) < 4.78 is 22.2. The summed E-state index contributed by atoms with van der Waals surface area (Å²) in [6, 6.07) is 11.2. The smallest absolute Gasteiger partial charge is 0.231 e. The molecular formula is C23H18N2O5S2. The predicted octanol–water partition coefficient (Wildman–Crippen LogP) is 4.88. The lowest BCUT2D eigenvalue weighted by atomic mass is 10.0. The fraction of sp³-hybridized carbons (Fsp3) is 0.174. The van der Waals surface area contributed by atoms with Crippen LogP contribution in [0.3, 0.4) is 0 Å². The molecular weight excluding hydrogens is 448 g/mol. The van der Waals surface area contributed by atoms with E-state index < -0.39 is 5.92 Å². The molecule has 0 radical (unpaired) electrons. The number of ketones is 1. The Hall–Kier alpha value is -3.30. The summed E-state index contributed by atoms with van der Waals surface area (Å²) in [5.74, 6) is 1.89. The van der Waals surface area contributed by atoms with Gasteiger partial charge in [-0.15, -0.1) is 11.3 Å². The number of fused-ring (bicyclic) bond motifs is 1.